The van der Waals surface area contributed by atoms with Gasteiger partial charge in [0.25, 0.3) is 5.91 Å². The number of esters is 1. The highest BCUT2D eigenvalue weighted by molar-refractivity contribution is 6.23. The van der Waals surface area contributed by atoms with E-state index in [0.29, 0.717) is 23.4 Å². The molecule has 0 aromatic heterocycles. The van der Waals surface area contributed by atoms with Crippen LogP contribution in [0.15, 0.2) is 54.6 Å². The predicted molar refractivity (Wildman–Crippen MR) is 117 cm³/mol. The lowest BCUT2D eigenvalue weighted by Gasteiger charge is -2.56. The van der Waals surface area contributed by atoms with Crippen molar-refractivity contribution in [3.05, 3.63) is 60.2 Å². The maximum absolute atomic E-state index is 14.1. The standard InChI is InChI=1S/C26H27NO4/c1-17(28)31-23-10-6-5-9-22(23)24(29)27(21-7-3-2-4-8-21)25(30)26-14-18-11-19(15-26)13-20(12-18)16-26/h2-10,18-20H,11-16H2,1H3. The minimum Gasteiger partial charge on any atom is -0.426 e. The van der Waals surface area contributed by atoms with Crippen molar-refractivity contribution in [3.63, 3.8) is 0 Å². The van der Waals surface area contributed by atoms with Crippen LogP contribution >= 0.6 is 0 Å². The summed E-state index contributed by atoms with van der Waals surface area (Å²) in [6.07, 6.45) is 6.30. The Kier molecular flexibility index (Phi) is 4.92. The van der Waals surface area contributed by atoms with E-state index in [4.69, 9.17) is 4.74 Å². The zero-order chi connectivity index (χ0) is 21.6. The van der Waals surface area contributed by atoms with Crippen LogP contribution in [0.1, 0.15) is 55.8 Å². The normalized spacial score (nSPS) is 28.2. The van der Waals surface area contributed by atoms with E-state index in [-0.39, 0.29) is 17.2 Å². The Labute approximate surface area is 182 Å². The lowest BCUT2D eigenvalue weighted by atomic mass is 9.49. The summed E-state index contributed by atoms with van der Waals surface area (Å²) in [5.74, 6) is 0.922. The molecule has 0 atom stereocenters. The van der Waals surface area contributed by atoms with Crippen molar-refractivity contribution in [1.82, 2.24) is 0 Å². The highest BCUT2D eigenvalue weighted by Crippen LogP contribution is 2.60. The van der Waals surface area contributed by atoms with Crippen molar-refractivity contribution < 1.29 is 19.1 Å². The molecule has 0 heterocycles. The number of carbonyl (C=O) groups is 3. The van der Waals surface area contributed by atoms with E-state index < -0.39 is 17.3 Å². The highest BCUT2D eigenvalue weighted by atomic mass is 16.5. The summed E-state index contributed by atoms with van der Waals surface area (Å²) in [7, 11) is 0. The number of rotatable bonds is 4. The highest BCUT2D eigenvalue weighted by Gasteiger charge is 2.56. The second-order valence-corrected chi connectivity index (χ2v) is 9.57. The molecular formula is C26H27NO4. The Hall–Kier alpha value is -2.95. The van der Waals surface area contributed by atoms with Gasteiger partial charge in [-0.1, -0.05) is 30.3 Å². The molecule has 0 unspecified atom stereocenters. The van der Waals surface area contributed by atoms with E-state index in [0.717, 1.165) is 19.3 Å². The first kappa shape index (κ1) is 20.0. The molecule has 4 bridgehead atoms. The molecule has 4 aliphatic carbocycles. The van der Waals surface area contributed by atoms with Gasteiger partial charge in [-0.15, -0.1) is 0 Å². The van der Waals surface area contributed by atoms with E-state index >= 15 is 0 Å². The smallest absolute Gasteiger partial charge is 0.308 e. The summed E-state index contributed by atoms with van der Waals surface area (Å²) < 4.78 is 5.28. The average molecular weight is 418 g/mol. The molecule has 2 amide bonds. The number of anilines is 1. The fourth-order valence-electron chi connectivity index (χ4n) is 6.52. The molecule has 160 valence electrons. The van der Waals surface area contributed by atoms with Crippen molar-refractivity contribution in [2.75, 3.05) is 4.90 Å². The van der Waals surface area contributed by atoms with Gasteiger partial charge in [0.05, 0.1) is 16.7 Å². The van der Waals surface area contributed by atoms with Gasteiger partial charge in [0.2, 0.25) is 5.91 Å². The minimum atomic E-state index is -0.501. The number of hydrogen-bond acceptors (Lipinski definition) is 4. The molecule has 5 heteroatoms. The third kappa shape index (κ3) is 3.56. The molecule has 0 spiro atoms. The zero-order valence-electron chi connectivity index (χ0n) is 17.8. The van der Waals surface area contributed by atoms with Gasteiger partial charge in [0, 0.05) is 6.92 Å². The van der Waals surface area contributed by atoms with Crippen LogP contribution in [0.4, 0.5) is 5.69 Å². The van der Waals surface area contributed by atoms with Crippen LogP contribution in [0.2, 0.25) is 0 Å². The lowest BCUT2D eigenvalue weighted by molar-refractivity contribution is -0.142. The molecule has 2 aromatic rings. The number of amides is 2. The monoisotopic (exact) mass is 417 g/mol. The summed E-state index contributed by atoms with van der Waals surface area (Å²) in [5.41, 5.74) is 0.321. The molecular weight excluding hydrogens is 390 g/mol. The van der Waals surface area contributed by atoms with E-state index in [1.807, 2.05) is 18.2 Å². The molecule has 5 nitrogen and oxygen atoms in total. The lowest BCUT2D eigenvalue weighted by Crippen LogP contribution is -2.56. The topological polar surface area (TPSA) is 63.7 Å². The summed E-state index contributed by atoms with van der Waals surface area (Å²) in [6, 6.07) is 15.8. The molecule has 0 N–H and O–H groups in total. The second-order valence-electron chi connectivity index (χ2n) is 9.57. The molecule has 4 aliphatic rings. The summed E-state index contributed by atoms with van der Waals surface area (Å²) in [6.45, 7) is 1.30. The van der Waals surface area contributed by atoms with E-state index in [1.165, 1.54) is 31.1 Å². The van der Waals surface area contributed by atoms with Crippen LogP contribution in [0.5, 0.6) is 5.75 Å². The van der Waals surface area contributed by atoms with E-state index in [2.05, 4.69) is 0 Å². The van der Waals surface area contributed by atoms with Crippen LogP contribution < -0.4 is 9.64 Å². The first-order valence-electron chi connectivity index (χ1n) is 11.2. The Morgan fingerprint density at radius 1 is 0.839 bits per heavy atom. The van der Waals surface area contributed by atoms with Gasteiger partial charge in [-0.05, 0) is 80.5 Å². The van der Waals surface area contributed by atoms with Crippen molar-refractivity contribution in [2.45, 2.75) is 45.4 Å². The maximum Gasteiger partial charge on any atom is 0.308 e. The van der Waals surface area contributed by atoms with Crippen molar-refractivity contribution in [2.24, 2.45) is 23.2 Å². The number of imide groups is 1. The molecule has 0 aliphatic heterocycles. The van der Waals surface area contributed by atoms with Gasteiger partial charge in [-0.25, -0.2) is 4.90 Å². The predicted octanol–water partition coefficient (Wildman–Crippen LogP) is 5.00. The van der Waals surface area contributed by atoms with Gasteiger partial charge < -0.3 is 4.74 Å². The molecule has 4 saturated carbocycles. The Morgan fingerprint density at radius 3 is 1.97 bits per heavy atom. The maximum atomic E-state index is 14.1. The third-order valence-corrected chi connectivity index (χ3v) is 7.28. The van der Waals surface area contributed by atoms with Crippen LogP contribution in [-0.2, 0) is 9.59 Å². The molecule has 0 radical (unpaired) electrons. The SMILES string of the molecule is CC(=O)Oc1ccccc1C(=O)N(C(=O)C12CC3CC(CC(C3)C1)C2)c1ccccc1. The number of ether oxygens (including phenoxy) is 1. The first-order valence-corrected chi connectivity index (χ1v) is 11.2. The minimum absolute atomic E-state index is 0.0968. The van der Waals surface area contributed by atoms with Gasteiger partial charge in [-0.2, -0.15) is 0 Å². The number of para-hydroxylation sites is 2. The van der Waals surface area contributed by atoms with E-state index in [1.54, 1.807) is 36.4 Å². The van der Waals surface area contributed by atoms with Gasteiger partial charge >= 0.3 is 5.97 Å². The van der Waals surface area contributed by atoms with Crippen molar-refractivity contribution in [3.8, 4) is 5.75 Å². The fourth-order valence-corrected chi connectivity index (χ4v) is 6.52. The van der Waals surface area contributed by atoms with Gasteiger partial charge in [0.15, 0.2) is 0 Å². The van der Waals surface area contributed by atoms with Crippen LogP contribution in [-0.4, -0.2) is 17.8 Å². The van der Waals surface area contributed by atoms with E-state index in [9.17, 15) is 14.4 Å². The first-order chi connectivity index (χ1) is 14.9. The third-order valence-electron chi connectivity index (χ3n) is 7.28. The van der Waals surface area contributed by atoms with Crippen LogP contribution in [0.25, 0.3) is 0 Å². The Morgan fingerprint density at radius 2 is 1.39 bits per heavy atom. The molecule has 31 heavy (non-hydrogen) atoms. The number of nitrogens with zero attached hydrogens (tertiary/aromatic N) is 1. The molecule has 6 rings (SSSR count). The van der Waals surface area contributed by atoms with Crippen molar-refractivity contribution in [1.29, 1.82) is 0 Å². The second kappa shape index (κ2) is 7.63. The molecule has 4 fully saturated rings. The number of hydrogen-bond donors (Lipinski definition) is 0. The number of carbonyl (C=O) groups excluding carboxylic acids is 3. The van der Waals surface area contributed by atoms with Gasteiger partial charge in [-0.3, -0.25) is 14.4 Å². The average Bonchev–Trinajstić information content (AvgIpc) is 2.73. The zero-order valence-corrected chi connectivity index (χ0v) is 17.8. The largest absolute Gasteiger partial charge is 0.426 e. The van der Waals surface area contributed by atoms with Gasteiger partial charge in [0.1, 0.15) is 5.75 Å². The van der Waals surface area contributed by atoms with Crippen LogP contribution in [0, 0.1) is 23.2 Å². The summed E-state index contributed by atoms with van der Waals surface area (Å²) in [4.78, 5) is 40.9. The summed E-state index contributed by atoms with van der Waals surface area (Å²) >= 11 is 0. The Bertz CT molecular complexity index is 993. The van der Waals surface area contributed by atoms with Crippen molar-refractivity contribution >= 4 is 23.5 Å². The Balaban J connectivity index is 1.56. The molecule has 2 aromatic carbocycles. The molecule has 0 saturated heterocycles. The quantitative estimate of drug-likeness (QED) is 0.399. The summed E-state index contributed by atoms with van der Waals surface area (Å²) in [5, 5.41) is 0. The fraction of sp³-hybridized carbons (Fsp3) is 0.423. The number of benzene rings is 2. The van der Waals surface area contributed by atoms with Crippen LogP contribution in [0.3, 0.4) is 0 Å².